The van der Waals surface area contributed by atoms with E-state index in [-0.39, 0.29) is 12.5 Å². The van der Waals surface area contributed by atoms with E-state index in [1.54, 1.807) is 31.2 Å². The van der Waals surface area contributed by atoms with E-state index in [1.165, 1.54) is 9.80 Å². The summed E-state index contributed by atoms with van der Waals surface area (Å²) in [6, 6.07) is 13.6. The molecule has 2 atom stereocenters. The average Bonchev–Trinajstić information content (AvgIpc) is 2.91. The Labute approximate surface area is 157 Å². The van der Waals surface area contributed by atoms with Gasteiger partial charge in [-0.2, -0.15) is 0 Å². The van der Waals surface area contributed by atoms with E-state index in [0.29, 0.717) is 17.8 Å². The molecule has 6 nitrogen and oxygen atoms in total. The normalized spacial score (nSPS) is 21.1. The summed E-state index contributed by atoms with van der Waals surface area (Å²) in [6.45, 7) is 3.87. The summed E-state index contributed by atoms with van der Waals surface area (Å²) in [7, 11) is 0. The lowest BCUT2D eigenvalue weighted by atomic mass is 9.86. The summed E-state index contributed by atoms with van der Waals surface area (Å²) >= 11 is 0. The molecule has 2 heterocycles. The minimum absolute atomic E-state index is 0.193. The van der Waals surface area contributed by atoms with E-state index in [9.17, 15) is 14.4 Å². The number of fused-ring (bicyclic) bond motifs is 2. The fraction of sp³-hybridized carbons (Fsp3) is 0.286. The first-order valence-corrected chi connectivity index (χ1v) is 9.01. The Morgan fingerprint density at radius 2 is 1.85 bits per heavy atom. The summed E-state index contributed by atoms with van der Waals surface area (Å²) in [5.41, 5.74) is 3.07. The number of hydrogen-bond acceptors (Lipinski definition) is 4. The van der Waals surface area contributed by atoms with Crippen LogP contribution in [0.3, 0.4) is 0 Å². The number of carbonyl (C=O) groups is 3. The van der Waals surface area contributed by atoms with Gasteiger partial charge in [-0.05, 0) is 44.0 Å². The molecule has 0 spiro atoms. The number of benzene rings is 2. The molecule has 0 radical (unpaired) electrons. The van der Waals surface area contributed by atoms with Gasteiger partial charge in [-0.15, -0.1) is 0 Å². The van der Waals surface area contributed by atoms with Gasteiger partial charge < -0.3 is 4.74 Å². The Balaban J connectivity index is 1.82. The summed E-state index contributed by atoms with van der Waals surface area (Å²) in [5.74, 6) is -1.29. The van der Waals surface area contributed by atoms with Crippen LogP contribution < -0.4 is 9.80 Å². The molecule has 2 aliphatic heterocycles. The van der Waals surface area contributed by atoms with Gasteiger partial charge in [-0.25, -0.2) is 9.69 Å². The molecule has 0 unspecified atom stereocenters. The van der Waals surface area contributed by atoms with Crippen molar-refractivity contribution in [3.05, 3.63) is 59.7 Å². The fourth-order valence-corrected chi connectivity index (χ4v) is 3.94. The van der Waals surface area contributed by atoms with Crippen LogP contribution in [0.15, 0.2) is 48.5 Å². The Hall–Kier alpha value is -3.15. The molecule has 27 heavy (non-hydrogen) atoms. The van der Waals surface area contributed by atoms with Crippen molar-refractivity contribution in [1.29, 1.82) is 0 Å². The summed E-state index contributed by atoms with van der Waals surface area (Å²) < 4.78 is 5.21. The Morgan fingerprint density at radius 3 is 2.56 bits per heavy atom. The van der Waals surface area contributed by atoms with Gasteiger partial charge in [0.2, 0.25) is 5.91 Å². The number of imide groups is 1. The number of carbonyl (C=O) groups excluding carboxylic acids is 3. The smallest absolute Gasteiger partial charge is 0.415 e. The highest BCUT2D eigenvalue weighted by Gasteiger charge is 2.55. The summed E-state index contributed by atoms with van der Waals surface area (Å²) in [4.78, 5) is 41.6. The highest BCUT2D eigenvalue weighted by atomic mass is 16.6. The van der Waals surface area contributed by atoms with Crippen molar-refractivity contribution in [3.8, 4) is 0 Å². The number of hydrogen-bond donors (Lipinski definition) is 0. The monoisotopic (exact) mass is 364 g/mol. The molecule has 1 fully saturated rings. The first-order chi connectivity index (χ1) is 13.0. The van der Waals surface area contributed by atoms with E-state index in [2.05, 4.69) is 0 Å². The first kappa shape index (κ1) is 17.3. The maximum atomic E-state index is 13.2. The van der Waals surface area contributed by atoms with Crippen LogP contribution in [0.25, 0.3) is 0 Å². The SMILES string of the molecule is CCOC(=O)N1c2ccc(C)cc2C[C@H]2C(=O)N(c3ccccc3)C(=O)[C@H]21. The largest absolute Gasteiger partial charge is 0.449 e. The molecule has 0 bridgehead atoms. The maximum Gasteiger partial charge on any atom is 0.415 e. The quantitative estimate of drug-likeness (QED) is 0.768. The topological polar surface area (TPSA) is 66.9 Å². The zero-order chi connectivity index (χ0) is 19.1. The first-order valence-electron chi connectivity index (χ1n) is 9.01. The van der Waals surface area contributed by atoms with Crippen molar-refractivity contribution < 1.29 is 19.1 Å². The minimum atomic E-state index is -0.882. The molecular weight excluding hydrogens is 344 g/mol. The van der Waals surface area contributed by atoms with Gasteiger partial charge in [-0.3, -0.25) is 14.5 Å². The van der Waals surface area contributed by atoms with Gasteiger partial charge in [0, 0.05) is 0 Å². The van der Waals surface area contributed by atoms with E-state index < -0.39 is 24.0 Å². The molecule has 2 aromatic rings. The predicted octanol–water partition coefficient (Wildman–Crippen LogP) is 3.07. The van der Waals surface area contributed by atoms with Gasteiger partial charge >= 0.3 is 6.09 Å². The Kier molecular flexibility index (Phi) is 4.18. The third-order valence-corrected chi connectivity index (χ3v) is 5.08. The number of rotatable bonds is 2. The van der Waals surface area contributed by atoms with Gasteiger partial charge in [0.1, 0.15) is 6.04 Å². The third kappa shape index (κ3) is 2.68. The highest BCUT2D eigenvalue weighted by Crippen LogP contribution is 2.41. The van der Waals surface area contributed by atoms with E-state index in [0.717, 1.165) is 11.1 Å². The predicted molar refractivity (Wildman–Crippen MR) is 101 cm³/mol. The van der Waals surface area contributed by atoms with Crippen LogP contribution in [-0.2, 0) is 20.7 Å². The van der Waals surface area contributed by atoms with Crippen LogP contribution >= 0.6 is 0 Å². The number of para-hydroxylation sites is 1. The highest BCUT2D eigenvalue weighted by molar-refractivity contribution is 6.26. The van der Waals surface area contributed by atoms with Crippen LogP contribution in [0.2, 0.25) is 0 Å². The third-order valence-electron chi connectivity index (χ3n) is 5.08. The molecule has 0 saturated carbocycles. The second kappa shape index (κ2) is 6.54. The maximum absolute atomic E-state index is 13.2. The zero-order valence-electron chi connectivity index (χ0n) is 15.2. The number of anilines is 2. The van der Waals surface area contributed by atoms with E-state index in [1.807, 2.05) is 31.2 Å². The van der Waals surface area contributed by atoms with Crippen LogP contribution in [0, 0.1) is 12.8 Å². The van der Waals surface area contributed by atoms with Crippen LogP contribution in [0.4, 0.5) is 16.2 Å². The van der Waals surface area contributed by atoms with Gasteiger partial charge in [0.15, 0.2) is 0 Å². The molecule has 2 aliphatic rings. The Morgan fingerprint density at radius 1 is 1.11 bits per heavy atom. The van der Waals surface area contributed by atoms with E-state index in [4.69, 9.17) is 4.74 Å². The minimum Gasteiger partial charge on any atom is -0.449 e. The number of nitrogens with zero attached hydrogens (tertiary/aromatic N) is 2. The summed E-state index contributed by atoms with van der Waals surface area (Å²) in [6.07, 6.45) is -0.181. The Bertz CT molecular complexity index is 925. The van der Waals surface area contributed by atoms with Crippen molar-refractivity contribution in [2.45, 2.75) is 26.3 Å². The molecule has 3 amide bonds. The number of ether oxygens (including phenoxy) is 1. The van der Waals surface area contributed by atoms with Crippen LogP contribution in [-0.4, -0.2) is 30.6 Å². The second-order valence-corrected chi connectivity index (χ2v) is 6.80. The summed E-state index contributed by atoms with van der Waals surface area (Å²) in [5, 5.41) is 0. The van der Waals surface area contributed by atoms with Crippen LogP contribution in [0.1, 0.15) is 18.1 Å². The van der Waals surface area contributed by atoms with Gasteiger partial charge in [0.25, 0.3) is 5.91 Å². The lowest BCUT2D eigenvalue weighted by Crippen LogP contribution is -2.51. The van der Waals surface area contributed by atoms with Crippen molar-refractivity contribution in [2.75, 3.05) is 16.4 Å². The molecule has 0 aliphatic carbocycles. The standard InChI is InChI=1S/C21H20N2O4/c1-3-27-21(26)23-17-10-9-13(2)11-14(17)12-16-18(23)20(25)22(19(16)24)15-7-5-4-6-8-15/h4-11,16,18H,3,12H2,1-2H3/t16-,18+/m1/s1. The number of aryl methyl sites for hydroxylation is 1. The molecule has 0 aromatic heterocycles. The molecule has 2 aromatic carbocycles. The van der Waals surface area contributed by atoms with Gasteiger partial charge in [0.05, 0.1) is 23.9 Å². The molecular formula is C21H20N2O4. The van der Waals surface area contributed by atoms with E-state index >= 15 is 0 Å². The molecule has 138 valence electrons. The van der Waals surface area contributed by atoms with Crippen LogP contribution in [0.5, 0.6) is 0 Å². The van der Waals surface area contributed by atoms with Crippen molar-refractivity contribution in [2.24, 2.45) is 5.92 Å². The van der Waals surface area contributed by atoms with Crippen molar-refractivity contribution in [1.82, 2.24) is 0 Å². The average molecular weight is 364 g/mol. The zero-order valence-corrected chi connectivity index (χ0v) is 15.2. The van der Waals surface area contributed by atoms with Crippen molar-refractivity contribution >= 4 is 29.3 Å². The lowest BCUT2D eigenvalue weighted by molar-refractivity contribution is -0.122. The fourth-order valence-electron chi connectivity index (χ4n) is 3.94. The second-order valence-electron chi connectivity index (χ2n) is 6.80. The molecule has 1 saturated heterocycles. The van der Waals surface area contributed by atoms with Crippen molar-refractivity contribution in [3.63, 3.8) is 0 Å². The molecule has 0 N–H and O–H groups in total. The molecule has 4 rings (SSSR count). The lowest BCUT2D eigenvalue weighted by Gasteiger charge is -2.35. The van der Waals surface area contributed by atoms with Gasteiger partial charge in [-0.1, -0.05) is 35.9 Å². The molecule has 6 heteroatoms. The number of amides is 3.